The fraction of sp³-hybridized carbons (Fsp3) is 0.417. The van der Waals surface area contributed by atoms with E-state index in [1.165, 1.54) is 0 Å². The van der Waals surface area contributed by atoms with E-state index >= 15 is 0 Å². The molecule has 94 valence electrons. The second-order valence-electron chi connectivity index (χ2n) is 3.65. The molecule has 3 N–H and O–H groups in total. The highest BCUT2D eigenvalue weighted by Crippen LogP contribution is 2.24. The standard InChI is InChI=1S/C12H17ClN2OS/c1-16-8-3-2-7-15-10-6-4-5-9(13)11(10)12(14)17/h4-6,15H,2-3,7-8H2,1H3,(H2,14,17). The van der Waals surface area contributed by atoms with Crippen LogP contribution < -0.4 is 11.1 Å². The van der Waals surface area contributed by atoms with E-state index in [0.717, 1.165) is 37.2 Å². The van der Waals surface area contributed by atoms with Crippen LogP contribution in [0.15, 0.2) is 18.2 Å². The molecule has 3 nitrogen and oxygen atoms in total. The second-order valence-corrected chi connectivity index (χ2v) is 4.50. The molecule has 17 heavy (non-hydrogen) atoms. The lowest BCUT2D eigenvalue weighted by molar-refractivity contribution is 0.194. The molecule has 0 amide bonds. The van der Waals surface area contributed by atoms with Crippen LogP contribution in [0, 0.1) is 0 Å². The monoisotopic (exact) mass is 272 g/mol. The van der Waals surface area contributed by atoms with Crippen molar-refractivity contribution >= 4 is 34.5 Å². The third kappa shape index (κ3) is 4.50. The first kappa shape index (κ1) is 14.2. The second kappa shape index (κ2) is 7.48. The van der Waals surface area contributed by atoms with Crippen molar-refractivity contribution in [1.82, 2.24) is 0 Å². The number of benzene rings is 1. The summed E-state index contributed by atoms with van der Waals surface area (Å²) in [6.45, 7) is 1.62. The first-order valence-electron chi connectivity index (χ1n) is 5.48. The number of methoxy groups -OCH3 is 1. The van der Waals surface area contributed by atoms with E-state index in [1.807, 2.05) is 12.1 Å². The minimum Gasteiger partial charge on any atom is -0.389 e. The highest BCUT2D eigenvalue weighted by molar-refractivity contribution is 7.80. The van der Waals surface area contributed by atoms with Gasteiger partial charge in [-0.2, -0.15) is 0 Å². The van der Waals surface area contributed by atoms with Crippen molar-refractivity contribution in [3.8, 4) is 0 Å². The highest BCUT2D eigenvalue weighted by atomic mass is 35.5. The molecule has 5 heteroatoms. The maximum absolute atomic E-state index is 6.06. The molecular weight excluding hydrogens is 256 g/mol. The third-order valence-corrected chi connectivity index (χ3v) is 2.87. The molecule has 0 aliphatic carbocycles. The molecular formula is C12H17ClN2OS. The zero-order valence-corrected chi connectivity index (χ0v) is 11.4. The van der Waals surface area contributed by atoms with Gasteiger partial charge in [0.05, 0.1) is 10.6 Å². The molecule has 1 rings (SSSR count). The number of unbranched alkanes of at least 4 members (excludes halogenated alkanes) is 1. The van der Waals surface area contributed by atoms with Gasteiger partial charge in [0.25, 0.3) is 0 Å². The predicted octanol–water partition coefficient (Wildman–Crippen LogP) is 2.81. The maximum Gasteiger partial charge on any atom is 0.107 e. The smallest absolute Gasteiger partial charge is 0.107 e. The van der Waals surface area contributed by atoms with Crippen molar-refractivity contribution in [2.75, 3.05) is 25.6 Å². The Hall–Kier alpha value is -0.840. The number of nitrogens with one attached hydrogen (secondary N) is 1. The number of rotatable bonds is 7. The van der Waals surface area contributed by atoms with E-state index in [9.17, 15) is 0 Å². The zero-order valence-electron chi connectivity index (χ0n) is 9.83. The maximum atomic E-state index is 6.06. The van der Waals surface area contributed by atoms with Crippen LogP contribution in [0.1, 0.15) is 18.4 Å². The van der Waals surface area contributed by atoms with Crippen LogP contribution in [0.3, 0.4) is 0 Å². The third-order valence-electron chi connectivity index (χ3n) is 2.35. The molecule has 0 radical (unpaired) electrons. The molecule has 0 unspecified atom stereocenters. The summed E-state index contributed by atoms with van der Waals surface area (Å²) in [5.41, 5.74) is 7.26. The molecule has 1 aromatic carbocycles. The van der Waals surface area contributed by atoms with Crippen molar-refractivity contribution < 1.29 is 4.74 Å². The molecule has 0 heterocycles. The Bertz CT molecular complexity index is 385. The number of ether oxygens (including phenoxy) is 1. The summed E-state index contributed by atoms with van der Waals surface area (Å²) in [5.74, 6) is 0. The number of hydrogen-bond donors (Lipinski definition) is 2. The first-order chi connectivity index (χ1) is 8.16. The number of halogens is 1. The van der Waals surface area contributed by atoms with Crippen LogP contribution in [0.5, 0.6) is 0 Å². The van der Waals surface area contributed by atoms with Gasteiger partial charge in [-0.15, -0.1) is 0 Å². The lowest BCUT2D eigenvalue weighted by Gasteiger charge is -2.12. The van der Waals surface area contributed by atoms with Crippen molar-refractivity contribution in [2.45, 2.75) is 12.8 Å². The summed E-state index contributed by atoms with van der Waals surface area (Å²) in [6.07, 6.45) is 2.05. The summed E-state index contributed by atoms with van der Waals surface area (Å²) in [4.78, 5) is 0.315. The predicted molar refractivity (Wildman–Crippen MR) is 76.9 cm³/mol. The van der Waals surface area contributed by atoms with Gasteiger partial charge in [0.2, 0.25) is 0 Å². The number of anilines is 1. The van der Waals surface area contributed by atoms with E-state index in [0.29, 0.717) is 10.0 Å². The summed E-state index contributed by atoms with van der Waals surface area (Å²) in [7, 11) is 1.70. The topological polar surface area (TPSA) is 47.3 Å². The Morgan fingerprint density at radius 1 is 1.47 bits per heavy atom. The first-order valence-corrected chi connectivity index (χ1v) is 6.26. The van der Waals surface area contributed by atoms with Gasteiger partial charge in [0, 0.05) is 25.9 Å². The van der Waals surface area contributed by atoms with Gasteiger partial charge >= 0.3 is 0 Å². The Morgan fingerprint density at radius 2 is 2.24 bits per heavy atom. The minimum absolute atomic E-state index is 0.315. The lowest BCUT2D eigenvalue weighted by atomic mass is 10.1. The van der Waals surface area contributed by atoms with Crippen LogP contribution in [0.4, 0.5) is 5.69 Å². The van der Waals surface area contributed by atoms with Gasteiger partial charge in [0.15, 0.2) is 0 Å². The van der Waals surface area contributed by atoms with Crippen molar-refractivity contribution in [1.29, 1.82) is 0 Å². The summed E-state index contributed by atoms with van der Waals surface area (Å²) < 4.78 is 4.99. The molecule has 0 atom stereocenters. The zero-order chi connectivity index (χ0) is 12.7. The lowest BCUT2D eigenvalue weighted by Crippen LogP contribution is -2.14. The Labute approximate surface area is 112 Å². The molecule has 0 bridgehead atoms. The molecule has 0 aromatic heterocycles. The van der Waals surface area contributed by atoms with Gasteiger partial charge in [-0.3, -0.25) is 0 Å². The van der Waals surface area contributed by atoms with Gasteiger partial charge in [-0.25, -0.2) is 0 Å². The van der Waals surface area contributed by atoms with Crippen LogP contribution in [-0.2, 0) is 4.74 Å². The van der Waals surface area contributed by atoms with E-state index in [1.54, 1.807) is 13.2 Å². The molecule has 0 fully saturated rings. The molecule has 0 aliphatic rings. The Kier molecular flexibility index (Phi) is 6.26. The Balaban J connectivity index is 2.58. The van der Waals surface area contributed by atoms with Gasteiger partial charge in [0.1, 0.15) is 4.99 Å². The normalized spacial score (nSPS) is 10.2. The number of thiocarbonyl (C=S) groups is 1. The highest BCUT2D eigenvalue weighted by Gasteiger charge is 2.08. The van der Waals surface area contributed by atoms with Gasteiger partial charge in [-0.05, 0) is 25.0 Å². The van der Waals surface area contributed by atoms with Crippen LogP contribution in [-0.4, -0.2) is 25.2 Å². The van der Waals surface area contributed by atoms with E-state index in [4.69, 9.17) is 34.3 Å². The quantitative estimate of drug-likeness (QED) is 0.592. The fourth-order valence-corrected chi connectivity index (χ4v) is 2.07. The average Bonchev–Trinajstić information content (AvgIpc) is 2.28. The average molecular weight is 273 g/mol. The van der Waals surface area contributed by atoms with Crippen LogP contribution >= 0.6 is 23.8 Å². The number of nitrogens with two attached hydrogens (primary N) is 1. The van der Waals surface area contributed by atoms with Crippen molar-refractivity contribution in [3.05, 3.63) is 28.8 Å². The molecule has 0 saturated heterocycles. The van der Waals surface area contributed by atoms with Crippen LogP contribution in [0.2, 0.25) is 5.02 Å². The number of hydrogen-bond acceptors (Lipinski definition) is 3. The largest absolute Gasteiger partial charge is 0.389 e. The molecule has 1 aromatic rings. The Morgan fingerprint density at radius 3 is 2.88 bits per heavy atom. The molecule has 0 spiro atoms. The van der Waals surface area contributed by atoms with Crippen LogP contribution in [0.25, 0.3) is 0 Å². The minimum atomic E-state index is 0.315. The van der Waals surface area contributed by atoms with Gasteiger partial charge in [-0.1, -0.05) is 29.9 Å². The van der Waals surface area contributed by atoms with E-state index in [2.05, 4.69) is 5.32 Å². The van der Waals surface area contributed by atoms with Crippen molar-refractivity contribution in [3.63, 3.8) is 0 Å². The summed E-state index contributed by atoms with van der Waals surface area (Å²) in [6, 6.07) is 5.59. The summed E-state index contributed by atoms with van der Waals surface area (Å²) >= 11 is 11.1. The fourth-order valence-electron chi connectivity index (χ4n) is 1.52. The SMILES string of the molecule is COCCCCNc1cccc(Cl)c1C(N)=S. The van der Waals surface area contributed by atoms with E-state index < -0.39 is 0 Å². The van der Waals surface area contributed by atoms with Gasteiger partial charge < -0.3 is 15.8 Å². The van der Waals surface area contributed by atoms with Crippen molar-refractivity contribution in [2.24, 2.45) is 5.73 Å². The summed E-state index contributed by atoms with van der Waals surface area (Å²) in [5, 5.41) is 3.87. The molecule has 0 aliphatic heterocycles. The van der Waals surface area contributed by atoms with E-state index in [-0.39, 0.29) is 0 Å². The molecule has 0 saturated carbocycles.